The van der Waals surface area contributed by atoms with E-state index in [4.69, 9.17) is 11.6 Å². The molecule has 8 nitrogen and oxygen atoms in total. The monoisotopic (exact) mass is 492 g/mol. The van der Waals surface area contributed by atoms with Gasteiger partial charge in [-0.15, -0.1) is 0 Å². The number of nitrogens with one attached hydrogen (secondary N) is 1. The van der Waals surface area contributed by atoms with E-state index in [1.54, 1.807) is 36.3 Å². The van der Waals surface area contributed by atoms with Gasteiger partial charge in [-0.25, -0.2) is 9.37 Å². The molecule has 0 radical (unpaired) electrons. The van der Waals surface area contributed by atoms with Crippen molar-refractivity contribution < 1.29 is 14.0 Å². The zero-order valence-corrected chi connectivity index (χ0v) is 19.9. The molecule has 0 spiro atoms. The summed E-state index contributed by atoms with van der Waals surface area (Å²) in [6, 6.07) is 8.35. The van der Waals surface area contributed by atoms with Crippen LogP contribution in [0.1, 0.15) is 26.2 Å². The summed E-state index contributed by atoms with van der Waals surface area (Å²) in [5.41, 5.74) is 1.07. The number of pyridine rings is 1. The van der Waals surface area contributed by atoms with Crippen LogP contribution < -0.4 is 10.2 Å². The Labute approximate surface area is 206 Å². The van der Waals surface area contributed by atoms with E-state index in [1.807, 2.05) is 0 Å². The van der Waals surface area contributed by atoms with Crippen molar-refractivity contribution in [2.75, 3.05) is 16.8 Å². The standard InChI is InChI=1S/C25H22ClFN6O2/c1-14(34)30-20-8-15(16-11-29-32(2)12-16)7-19(27)23(20)21-9-18(10-22(26)31-21)33-6-5-25(13-28,24(33)35)17-3-4-17/h7-12,17H,3-6H2,1-2H3,(H,30,34)/t25-/m1/s1. The number of carbonyl (C=O) groups is 2. The van der Waals surface area contributed by atoms with E-state index >= 15 is 4.39 Å². The highest BCUT2D eigenvalue weighted by atomic mass is 35.5. The zero-order chi connectivity index (χ0) is 24.9. The van der Waals surface area contributed by atoms with Crippen molar-refractivity contribution in [2.45, 2.75) is 26.2 Å². The molecule has 2 aromatic heterocycles. The summed E-state index contributed by atoms with van der Waals surface area (Å²) < 4.78 is 17.2. The van der Waals surface area contributed by atoms with Gasteiger partial charge in [-0.2, -0.15) is 10.4 Å². The van der Waals surface area contributed by atoms with Crippen LogP contribution in [-0.2, 0) is 16.6 Å². The zero-order valence-electron chi connectivity index (χ0n) is 19.2. The number of nitriles is 1. The van der Waals surface area contributed by atoms with Gasteiger partial charge in [0, 0.05) is 38.0 Å². The molecule has 3 heterocycles. The minimum Gasteiger partial charge on any atom is -0.326 e. The fourth-order valence-corrected chi connectivity index (χ4v) is 5.00. The maximum Gasteiger partial charge on any atom is 0.247 e. The summed E-state index contributed by atoms with van der Waals surface area (Å²) in [5, 5.41) is 16.7. The molecule has 0 unspecified atom stereocenters. The van der Waals surface area contributed by atoms with Crippen molar-refractivity contribution in [3.63, 3.8) is 0 Å². The first-order chi connectivity index (χ1) is 16.7. The third-order valence-corrected chi connectivity index (χ3v) is 6.81. The van der Waals surface area contributed by atoms with E-state index in [9.17, 15) is 14.9 Å². The molecule has 0 bridgehead atoms. The number of carbonyl (C=O) groups excluding carboxylic acids is 2. The lowest BCUT2D eigenvalue weighted by Crippen LogP contribution is -2.35. The summed E-state index contributed by atoms with van der Waals surface area (Å²) in [5.74, 6) is -1.18. The van der Waals surface area contributed by atoms with E-state index in [0.717, 1.165) is 12.8 Å². The molecule has 5 rings (SSSR count). The summed E-state index contributed by atoms with van der Waals surface area (Å²) in [4.78, 5) is 31.0. The van der Waals surface area contributed by atoms with Gasteiger partial charge in [0.1, 0.15) is 16.4 Å². The molecule has 3 aromatic rings. The van der Waals surface area contributed by atoms with Crippen molar-refractivity contribution in [2.24, 2.45) is 18.4 Å². The van der Waals surface area contributed by atoms with Gasteiger partial charge in [0.25, 0.3) is 0 Å². The molecule has 35 heavy (non-hydrogen) atoms. The SMILES string of the molecule is CC(=O)Nc1cc(-c2cnn(C)c2)cc(F)c1-c1cc(N2CC[C@@](C#N)(C3CC3)C2=O)cc(Cl)n1. The van der Waals surface area contributed by atoms with Crippen molar-refractivity contribution in [1.82, 2.24) is 14.8 Å². The average molecular weight is 493 g/mol. The van der Waals surface area contributed by atoms with Gasteiger partial charge < -0.3 is 10.2 Å². The molecule has 178 valence electrons. The number of anilines is 2. The molecule has 1 saturated heterocycles. The second-order valence-corrected chi connectivity index (χ2v) is 9.45. The number of aromatic nitrogens is 3. The lowest BCUT2D eigenvalue weighted by Gasteiger charge is -2.22. The van der Waals surface area contributed by atoms with Crippen molar-refractivity contribution in [3.8, 4) is 28.5 Å². The van der Waals surface area contributed by atoms with Crippen LogP contribution in [0.25, 0.3) is 22.4 Å². The van der Waals surface area contributed by atoms with Gasteiger partial charge in [-0.3, -0.25) is 14.3 Å². The number of hydrogen-bond acceptors (Lipinski definition) is 5. The van der Waals surface area contributed by atoms with Crippen LogP contribution in [0.3, 0.4) is 0 Å². The molecule has 1 aromatic carbocycles. The lowest BCUT2D eigenvalue weighted by molar-refractivity contribution is -0.123. The van der Waals surface area contributed by atoms with E-state index in [-0.39, 0.29) is 39.8 Å². The first-order valence-electron chi connectivity index (χ1n) is 11.2. The molecule has 1 aliphatic carbocycles. The minimum atomic E-state index is -1.02. The molecule has 1 aliphatic heterocycles. The van der Waals surface area contributed by atoms with Crippen molar-refractivity contribution in [3.05, 3.63) is 47.6 Å². The molecular weight excluding hydrogens is 471 g/mol. The number of aryl methyl sites for hydroxylation is 1. The lowest BCUT2D eigenvalue weighted by atomic mass is 9.83. The predicted octanol–water partition coefficient (Wildman–Crippen LogP) is 4.56. The summed E-state index contributed by atoms with van der Waals surface area (Å²) in [7, 11) is 1.75. The number of benzene rings is 1. The van der Waals surface area contributed by atoms with Gasteiger partial charge in [-0.05, 0) is 55.0 Å². The molecule has 1 N–H and O–H groups in total. The van der Waals surface area contributed by atoms with Crippen LogP contribution in [0.15, 0.2) is 36.7 Å². The third-order valence-electron chi connectivity index (χ3n) is 6.62. The highest BCUT2D eigenvalue weighted by molar-refractivity contribution is 6.30. The van der Waals surface area contributed by atoms with Gasteiger partial charge in [0.2, 0.25) is 11.8 Å². The van der Waals surface area contributed by atoms with Crippen molar-refractivity contribution in [1.29, 1.82) is 5.26 Å². The van der Waals surface area contributed by atoms with E-state index in [0.29, 0.717) is 29.8 Å². The van der Waals surface area contributed by atoms with Gasteiger partial charge in [0.15, 0.2) is 0 Å². The average Bonchev–Trinajstić information content (AvgIpc) is 3.47. The Morgan fingerprint density at radius 3 is 2.69 bits per heavy atom. The number of hydrogen-bond donors (Lipinski definition) is 1. The molecule has 2 aliphatic rings. The molecule has 1 saturated carbocycles. The molecule has 2 fully saturated rings. The van der Waals surface area contributed by atoms with Crippen LogP contribution in [0.5, 0.6) is 0 Å². The summed E-state index contributed by atoms with van der Waals surface area (Å²) in [6.07, 6.45) is 5.51. The van der Waals surface area contributed by atoms with Crippen LogP contribution in [0.4, 0.5) is 15.8 Å². The quantitative estimate of drug-likeness (QED) is 0.526. The Kier molecular flexibility index (Phi) is 5.56. The third kappa shape index (κ3) is 4.04. The van der Waals surface area contributed by atoms with Crippen LogP contribution in [0, 0.1) is 28.5 Å². The Bertz CT molecular complexity index is 1410. The molecule has 10 heteroatoms. The predicted molar refractivity (Wildman–Crippen MR) is 129 cm³/mol. The number of nitrogens with zero attached hydrogens (tertiary/aromatic N) is 5. The maximum absolute atomic E-state index is 15.6. The van der Waals surface area contributed by atoms with Gasteiger partial charge in [0.05, 0.1) is 29.2 Å². The minimum absolute atomic E-state index is 0.0528. The Morgan fingerprint density at radius 1 is 1.29 bits per heavy atom. The van der Waals surface area contributed by atoms with E-state index < -0.39 is 11.2 Å². The fourth-order valence-electron chi connectivity index (χ4n) is 4.79. The highest BCUT2D eigenvalue weighted by Gasteiger charge is 2.56. The first kappa shape index (κ1) is 23.0. The van der Waals surface area contributed by atoms with Crippen LogP contribution in [-0.4, -0.2) is 33.1 Å². The highest BCUT2D eigenvalue weighted by Crippen LogP contribution is 2.52. The smallest absolute Gasteiger partial charge is 0.247 e. The second kappa shape index (κ2) is 8.47. The number of rotatable bonds is 5. The Morgan fingerprint density at radius 2 is 2.06 bits per heavy atom. The normalized spacial score (nSPS) is 19.6. The van der Waals surface area contributed by atoms with E-state index in [2.05, 4.69) is 21.5 Å². The van der Waals surface area contributed by atoms with Crippen LogP contribution in [0.2, 0.25) is 5.15 Å². The summed E-state index contributed by atoms with van der Waals surface area (Å²) >= 11 is 6.31. The maximum atomic E-state index is 15.6. The topological polar surface area (TPSA) is 104 Å². The number of amides is 2. The van der Waals surface area contributed by atoms with E-state index in [1.165, 1.54) is 24.0 Å². The van der Waals surface area contributed by atoms with Crippen molar-refractivity contribution >= 4 is 34.8 Å². The summed E-state index contributed by atoms with van der Waals surface area (Å²) in [6.45, 7) is 1.70. The largest absolute Gasteiger partial charge is 0.326 e. The molecule has 2 amide bonds. The van der Waals surface area contributed by atoms with Crippen LogP contribution >= 0.6 is 11.6 Å². The molecule has 1 atom stereocenters. The van der Waals surface area contributed by atoms with Gasteiger partial charge in [-0.1, -0.05) is 11.6 Å². The first-order valence-corrected chi connectivity index (χ1v) is 11.6. The van der Waals surface area contributed by atoms with Gasteiger partial charge >= 0.3 is 0 Å². The fraction of sp³-hybridized carbons (Fsp3) is 0.320. The molecular formula is C25H22ClFN6O2. The Balaban J connectivity index is 1.59. The Hall–Kier alpha value is -3.77. The number of halogens is 2. The second-order valence-electron chi connectivity index (χ2n) is 9.06.